The Bertz CT molecular complexity index is 964. The summed E-state index contributed by atoms with van der Waals surface area (Å²) in [5, 5.41) is 11.0. The maximum atomic E-state index is 13.1. The Kier molecular flexibility index (Phi) is 5.21. The lowest BCUT2D eigenvalue weighted by atomic mass is 10.2. The third-order valence-corrected chi connectivity index (χ3v) is 5.13. The first-order valence-corrected chi connectivity index (χ1v) is 9.44. The van der Waals surface area contributed by atoms with E-state index in [-0.39, 0.29) is 16.4 Å². The van der Waals surface area contributed by atoms with Crippen molar-refractivity contribution in [1.82, 2.24) is 9.47 Å². The molecular weight excluding hydrogens is 357 g/mol. The summed E-state index contributed by atoms with van der Waals surface area (Å²) in [4.78, 5) is 13.1. The van der Waals surface area contributed by atoms with Crippen molar-refractivity contribution in [2.45, 2.75) is 38.5 Å². The smallest absolute Gasteiger partial charge is 0.269 e. The molecular formula is C22H22FN3O2. The summed E-state index contributed by atoms with van der Waals surface area (Å²) in [6, 6.07) is 18.1. The number of nitro groups is 1. The molecule has 0 radical (unpaired) electrons. The molecule has 1 fully saturated rings. The van der Waals surface area contributed by atoms with E-state index in [0.29, 0.717) is 19.1 Å². The topological polar surface area (TPSA) is 51.3 Å². The fraction of sp³-hybridized carbons (Fsp3) is 0.273. The van der Waals surface area contributed by atoms with Crippen LogP contribution in [0.15, 0.2) is 66.9 Å². The van der Waals surface area contributed by atoms with Crippen LogP contribution in [0.4, 0.5) is 10.1 Å². The zero-order valence-corrected chi connectivity index (χ0v) is 15.5. The van der Waals surface area contributed by atoms with E-state index in [0.717, 1.165) is 30.5 Å². The van der Waals surface area contributed by atoms with Crippen LogP contribution < -0.4 is 0 Å². The molecule has 1 aromatic heterocycles. The van der Waals surface area contributed by atoms with E-state index >= 15 is 0 Å². The van der Waals surface area contributed by atoms with Crippen molar-refractivity contribution in [3.8, 4) is 0 Å². The van der Waals surface area contributed by atoms with Crippen molar-refractivity contribution in [1.29, 1.82) is 0 Å². The maximum Gasteiger partial charge on any atom is 0.269 e. The average molecular weight is 379 g/mol. The number of nitrogens with zero attached hydrogens (tertiary/aromatic N) is 3. The summed E-state index contributed by atoms with van der Waals surface area (Å²) < 4.78 is 15.3. The van der Waals surface area contributed by atoms with Crippen molar-refractivity contribution in [3.63, 3.8) is 0 Å². The lowest BCUT2D eigenvalue weighted by Gasteiger charge is -2.23. The predicted octanol–water partition coefficient (Wildman–Crippen LogP) is 4.75. The van der Waals surface area contributed by atoms with E-state index in [1.807, 2.05) is 18.3 Å². The van der Waals surface area contributed by atoms with E-state index < -0.39 is 0 Å². The van der Waals surface area contributed by atoms with Crippen LogP contribution in [0.5, 0.6) is 0 Å². The van der Waals surface area contributed by atoms with Gasteiger partial charge in [0, 0.05) is 49.7 Å². The van der Waals surface area contributed by atoms with Gasteiger partial charge in [0.25, 0.3) is 5.69 Å². The van der Waals surface area contributed by atoms with Gasteiger partial charge in [-0.3, -0.25) is 15.0 Å². The Balaban J connectivity index is 1.49. The third-order valence-electron chi connectivity index (χ3n) is 5.13. The highest BCUT2D eigenvalue weighted by Crippen LogP contribution is 2.30. The Hall–Kier alpha value is -2.99. The molecule has 0 unspecified atom stereocenters. The molecule has 1 aliphatic carbocycles. The Morgan fingerprint density at radius 3 is 2.54 bits per heavy atom. The lowest BCUT2D eigenvalue weighted by Crippen LogP contribution is -2.26. The molecule has 0 spiro atoms. The number of non-ortho nitro benzene ring substituents is 1. The second-order valence-corrected chi connectivity index (χ2v) is 7.32. The average Bonchev–Trinajstić information content (AvgIpc) is 3.45. The van der Waals surface area contributed by atoms with Gasteiger partial charge in [0.2, 0.25) is 0 Å². The second-order valence-electron chi connectivity index (χ2n) is 7.32. The number of halogens is 1. The molecule has 3 aromatic rings. The fourth-order valence-electron chi connectivity index (χ4n) is 3.50. The van der Waals surface area contributed by atoms with E-state index in [4.69, 9.17) is 0 Å². The normalized spacial score (nSPS) is 13.8. The SMILES string of the molecule is O=[N+]([O-])c1cccc(CN(Cc2cccn2Cc2ccc(F)cc2)C2CC2)c1. The van der Waals surface area contributed by atoms with Gasteiger partial charge in [-0.05, 0) is 48.2 Å². The van der Waals surface area contributed by atoms with Crippen LogP contribution in [-0.4, -0.2) is 20.4 Å². The van der Waals surface area contributed by atoms with Crippen LogP contribution >= 0.6 is 0 Å². The summed E-state index contributed by atoms with van der Waals surface area (Å²) in [5.74, 6) is -0.228. The van der Waals surface area contributed by atoms with E-state index in [1.54, 1.807) is 24.3 Å². The monoisotopic (exact) mass is 379 g/mol. The van der Waals surface area contributed by atoms with Gasteiger partial charge in [-0.15, -0.1) is 0 Å². The summed E-state index contributed by atoms with van der Waals surface area (Å²) in [6.07, 6.45) is 4.36. The standard InChI is InChI=1S/C22H22FN3O2/c23-19-8-6-17(7-9-19)14-24-12-2-5-22(24)16-25(20-10-11-20)15-18-3-1-4-21(13-18)26(27)28/h1-9,12-13,20H,10-11,14-16H2. The molecule has 28 heavy (non-hydrogen) atoms. The van der Waals surface area contributed by atoms with Crippen molar-refractivity contribution in [2.75, 3.05) is 0 Å². The first-order chi connectivity index (χ1) is 13.6. The molecule has 0 N–H and O–H groups in total. The summed E-state index contributed by atoms with van der Waals surface area (Å²) in [6.45, 7) is 2.16. The number of aromatic nitrogens is 1. The molecule has 0 bridgehead atoms. The summed E-state index contributed by atoms with van der Waals surface area (Å²) >= 11 is 0. The van der Waals surface area contributed by atoms with Crippen LogP contribution in [0, 0.1) is 15.9 Å². The Morgan fingerprint density at radius 2 is 1.82 bits per heavy atom. The molecule has 6 heteroatoms. The Labute approximate surface area is 163 Å². The number of hydrogen-bond donors (Lipinski definition) is 0. The van der Waals surface area contributed by atoms with E-state index in [1.165, 1.54) is 23.9 Å². The minimum atomic E-state index is -0.348. The molecule has 1 heterocycles. The highest BCUT2D eigenvalue weighted by molar-refractivity contribution is 5.34. The van der Waals surface area contributed by atoms with E-state index in [2.05, 4.69) is 15.5 Å². The van der Waals surface area contributed by atoms with Gasteiger partial charge in [-0.25, -0.2) is 4.39 Å². The van der Waals surface area contributed by atoms with Crippen molar-refractivity contribution in [3.05, 3.63) is 99.6 Å². The van der Waals surface area contributed by atoms with Gasteiger partial charge >= 0.3 is 0 Å². The number of benzene rings is 2. The molecule has 2 aromatic carbocycles. The molecule has 144 valence electrons. The van der Waals surface area contributed by atoms with Gasteiger partial charge < -0.3 is 4.57 Å². The molecule has 5 nitrogen and oxygen atoms in total. The largest absolute Gasteiger partial charge is 0.346 e. The van der Waals surface area contributed by atoms with Gasteiger partial charge in [0.1, 0.15) is 5.82 Å². The highest BCUT2D eigenvalue weighted by Gasteiger charge is 2.29. The first kappa shape index (κ1) is 18.4. The van der Waals surface area contributed by atoms with Crippen LogP contribution in [0.25, 0.3) is 0 Å². The van der Waals surface area contributed by atoms with Gasteiger partial charge in [0.15, 0.2) is 0 Å². The molecule has 1 saturated carbocycles. The highest BCUT2D eigenvalue weighted by atomic mass is 19.1. The number of hydrogen-bond acceptors (Lipinski definition) is 3. The third kappa shape index (κ3) is 4.46. The Morgan fingerprint density at radius 1 is 1.04 bits per heavy atom. The molecule has 1 aliphatic rings. The molecule has 0 saturated heterocycles. The lowest BCUT2D eigenvalue weighted by molar-refractivity contribution is -0.384. The van der Waals surface area contributed by atoms with Gasteiger partial charge in [-0.2, -0.15) is 0 Å². The van der Waals surface area contributed by atoms with Crippen LogP contribution in [0.3, 0.4) is 0 Å². The maximum absolute atomic E-state index is 13.1. The van der Waals surface area contributed by atoms with Crippen molar-refractivity contribution in [2.24, 2.45) is 0 Å². The molecule has 0 amide bonds. The first-order valence-electron chi connectivity index (χ1n) is 9.44. The van der Waals surface area contributed by atoms with Crippen LogP contribution in [0.2, 0.25) is 0 Å². The predicted molar refractivity (Wildman–Crippen MR) is 105 cm³/mol. The van der Waals surface area contributed by atoms with Crippen molar-refractivity contribution >= 4 is 5.69 Å². The number of rotatable bonds is 8. The summed E-state index contributed by atoms with van der Waals surface area (Å²) in [7, 11) is 0. The van der Waals surface area contributed by atoms with Crippen molar-refractivity contribution < 1.29 is 9.31 Å². The van der Waals surface area contributed by atoms with Gasteiger partial charge in [-0.1, -0.05) is 24.3 Å². The fourth-order valence-corrected chi connectivity index (χ4v) is 3.50. The summed E-state index contributed by atoms with van der Waals surface area (Å²) in [5.41, 5.74) is 3.32. The van der Waals surface area contributed by atoms with E-state index in [9.17, 15) is 14.5 Å². The minimum absolute atomic E-state index is 0.132. The quantitative estimate of drug-likeness (QED) is 0.419. The second kappa shape index (κ2) is 7.94. The zero-order valence-electron chi connectivity index (χ0n) is 15.5. The minimum Gasteiger partial charge on any atom is -0.346 e. The number of nitro benzene ring substituents is 1. The zero-order chi connectivity index (χ0) is 19.5. The molecule has 0 atom stereocenters. The van der Waals surface area contributed by atoms with Crippen LogP contribution in [0.1, 0.15) is 29.7 Å². The molecule has 4 rings (SSSR count). The molecule has 0 aliphatic heterocycles. The van der Waals surface area contributed by atoms with Crippen LogP contribution in [-0.2, 0) is 19.6 Å². The van der Waals surface area contributed by atoms with Gasteiger partial charge in [0.05, 0.1) is 4.92 Å².